The molecule has 1 aromatic carbocycles. The SMILES string of the molecule is CCCCC(NCC1(O)CCC(C)CC1)c1ccccc1. The van der Waals surface area contributed by atoms with Gasteiger partial charge in [0.15, 0.2) is 0 Å². The number of unbranched alkanes of at least 4 members (excludes halogenated alkanes) is 1. The molecule has 0 aliphatic heterocycles. The van der Waals surface area contributed by atoms with E-state index in [1.54, 1.807) is 0 Å². The Hall–Kier alpha value is -0.860. The Bertz CT molecular complexity index is 395. The Labute approximate surface area is 130 Å². The molecule has 2 rings (SSSR count). The summed E-state index contributed by atoms with van der Waals surface area (Å²) in [5.41, 5.74) is 0.852. The standard InChI is InChI=1S/C19H31NO/c1-3-4-10-18(17-8-6-5-7-9-17)20-15-19(21)13-11-16(2)12-14-19/h5-9,16,18,20-21H,3-4,10-15H2,1-2H3. The van der Waals surface area contributed by atoms with Crippen LogP contribution in [0.1, 0.15) is 70.4 Å². The van der Waals surface area contributed by atoms with Crippen molar-refractivity contribution in [2.45, 2.75) is 70.4 Å². The third kappa shape index (κ3) is 5.12. The lowest BCUT2D eigenvalue weighted by atomic mass is 9.79. The summed E-state index contributed by atoms with van der Waals surface area (Å²) >= 11 is 0. The number of rotatable bonds is 7. The van der Waals surface area contributed by atoms with E-state index in [9.17, 15) is 5.11 Å². The first-order valence-electron chi connectivity index (χ1n) is 8.64. The van der Waals surface area contributed by atoms with E-state index in [4.69, 9.17) is 0 Å². The number of aliphatic hydroxyl groups is 1. The zero-order valence-corrected chi connectivity index (χ0v) is 13.6. The van der Waals surface area contributed by atoms with Gasteiger partial charge in [0.25, 0.3) is 0 Å². The van der Waals surface area contributed by atoms with Crippen molar-refractivity contribution >= 4 is 0 Å². The molecule has 0 saturated heterocycles. The van der Waals surface area contributed by atoms with Crippen LogP contribution in [-0.2, 0) is 0 Å². The summed E-state index contributed by atoms with van der Waals surface area (Å²) in [6, 6.07) is 11.0. The Morgan fingerprint density at radius 3 is 2.52 bits per heavy atom. The Balaban J connectivity index is 1.92. The van der Waals surface area contributed by atoms with E-state index in [1.165, 1.54) is 18.4 Å². The fourth-order valence-electron chi connectivity index (χ4n) is 3.27. The van der Waals surface area contributed by atoms with Crippen molar-refractivity contribution in [3.63, 3.8) is 0 Å². The molecule has 0 radical (unpaired) electrons. The molecule has 1 aliphatic carbocycles. The zero-order valence-electron chi connectivity index (χ0n) is 13.6. The molecule has 0 heterocycles. The van der Waals surface area contributed by atoms with Crippen molar-refractivity contribution in [2.75, 3.05) is 6.54 Å². The maximum Gasteiger partial charge on any atom is 0.0772 e. The third-order valence-electron chi connectivity index (χ3n) is 4.93. The quantitative estimate of drug-likeness (QED) is 0.777. The second-order valence-electron chi connectivity index (χ2n) is 6.89. The third-order valence-corrected chi connectivity index (χ3v) is 4.93. The Morgan fingerprint density at radius 2 is 1.90 bits per heavy atom. The summed E-state index contributed by atoms with van der Waals surface area (Å²) in [4.78, 5) is 0. The van der Waals surface area contributed by atoms with E-state index >= 15 is 0 Å². The minimum Gasteiger partial charge on any atom is -0.389 e. The van der Waals surface area contributed by atoms with E-state index < -0.39 is 5.60 Å². The average molecular weight is 289 g/mol. The van der Waals surface area contributed by atoms with Gasteiger partial charge in [-0.1, -0.05) is 57.0 Å². The Morgan fingerprint density at radius 1 is 1.24 bits per heavy atom. The molecule has 2 N–H and O–H groups in total. The van der Waals surface area contributed by atoms with Crippen LogP contribution in [0.2, 0.25) is 0 Å². The summed E-state index contributed by atoms with van der Waals surface area (Å²) in [6.45, 7) is 5.25. The maximum absolute atomic E-state index is 10.7. The van der Waals surface area contributed by atoms with E-state index in [-0.39, 0.29) is 0 Å². The fraction of sp³-hybridized carbons (Fsp3) is 0.684. The second kappa shape index (κ2) is 7.95. The molecule has 2 heteroatoms. The van der Waals surface area contributed by atoms with Crippen LogP contribution in [0.5, 0.6) is 0 Å². The molecular formula is C19H31NO. The topological polar surface area (TPSA) is 32.3 Å². The van der Waals surface area contributed by atoms with Crippen LogP contribution in [0.4, 0.5) is 0 Å². The first kappa shape index (κ1) is 16.5. The number of hydrogen-bond donors (Lipinski definition) is 2. The lowest BCUT2D eigenvalue weighted by molar-refractivity contribution is -0.00846. The van der Waals surface area contributed by atoms with Gasteiger partial charge in [0, 0.05) is 12.6 Å². The second-order valence-corrected chi connectivity index (χ2v) is 6.89. The van der Waals surface area contributed by atoms with Gasteiger partial charge in [0.05, 0.1) is 5.60 Å². The highest BCUT2D eigenvalue weighted by atomic mass is 16.3. The summed E-state index contributed by atoms with van der Waals surface area (Å²) in [6.07, 6.45) is 7.78. The molecule has 1 atom stereocenters. The van der Waals surface area contributed by atoms with Crippen molar-refractivity contribution in [3.05, 3.63) is 35.9 Å². The number of nitrogens with one attached hydrogen (secondary N) is 1. The molecule has 1 fully saturated rings. The van der Waals surface area contributed by atoms with Crippen molar-refractivity contribution < 1.29 is 5.11 Å². The highest BCUT2D eigenvalue weighted by molar-refractivity contribution is 5.19. The van der Waals surface area contributed by atoms with Gasteiger partial charge >= 0.3 is 0 Å². The van der Waals surface area contributed by atoms with Crippen molar-refractivity contribution in [1.82, 2.24) is 5.32 Å². The predicted octanol–water partition coefficient (Wildman–Crippen LogP) is 4.45. The minimum absolute atomic E-state index is 0.370. The summed E-state index contributed by atoms with van der Waals surface area (Å²) < 4.78 is 0. The molecule has 118 valence electrons. The lowest BCUT2D eigenvalue weighted by Crippen LogP contribution is -2.44. The molecule has 21 heavy (non-hydrogen) atoms. The molecule has 0 aromatic heterocycles. The molecular weight excluding hydrogens is 258 g/mol. The molecule has 0 spiro atoms. The highest BCUT2D eigenvalue weighted by Crippen LogP contribution is 2.32. The van der Waals surface area contributed by atoms with Crippen LogP contribution >= 0.6 is 0 Å². The number of hydrogen-bond acceptors (Lipinski definition) is 2. The van der Waals surface area contributed by atoms with E-state index in [0.717, 1.165) is 44.6 Å². The molecule has 1 aliphatic rings. The van der Waals surface area contributed by atoms with Crippen LogP contribution in [0.15, 0.2) is 30.3 Å². The van der Waals surface area contributed by atoms with Gasteiger partial charge in [0.2, 0.25) is 0 Å². The smallest absolute Gasteiger partial charge is 0.0772 e. The molecule has 1 aromatic rings. The number of benzene rings is 1. The van der Waals surface area contributed by atoms with Gasteiger partial charge in [0.1, 0.15) is 0 Å². The minimum atomic E-state index is -0.494. The normalized spacial score (nSPS) is 27.5. The predicted molar refractivity (Wildman–Crippen MR) is 89.3 cm³/mol. The largest absolute Gasteiger partial charge is 0.389 e. The van der Waals surface area contributed by atoms with Gasteiger partial charge in [-0.05, 0) is 43.6 Å². The van der Waals surface area contributed by atoms with E-state index in [2.05, 4.69) is 49.5 Å². The van der Waals surface area contributed by atoms with E-state index in [0.29, 0.717) is 6.04 Å². The summed E-state index contributed by atoms with van der Waals surface area (Å²) in [7, 11) is 0. The molecule has 2 nitrogen and oxygen atoms in total. The van der Waals surface area contributed by atoms with E-state index in [1.807, 2.05) is 0 Å². The molecule has 0 bridgehead atoms. The zero-order chi connectivity index (χ0) is 15.1. The van der Waals surface area contributed by atoms with Crippen LogP contribution in [0.3, 0.4) is 0 Å². The van der Waals surface area contributed by atoms with Crippen LogP contribution in [0, 0.1) is 5.92 Å². The fourth-order valence-corrected chi connectivity index (χ4v) is 3.27. The van der Waals surface area contributed by atoms with Crippen molar-refractivity contribution in [2.24, 2.45) is 5.92 Å². The first-order chi connectivity index (χ1) is 10.1. The average Bonchev–Trinajstić information content (AvgIpc) is 2.52. The molecule has 1 unspecified atom stereocenters. The van der Waals surface area contributed by atoms with Crippen molar-refractivity contribution in [3.8, 4) is 0 Å². The molecule has 1 saturated carbocycles. The van der Waals surface area contributed by atoms with Gasteiger partial charge in [-0.25, -0.2) is 0 Å². The van der Waals surface area contributed by atoms with Gasteiger partial charge in [-0.3, -0.25) is 0 Å². The highest BCUT2D eigenvalue weighted by Gasteiger charge is 2.32. The monoisotopic (exact) mass is 289 g/mol. The van der Waals surface area contributed by atoms with Gasteiger partial charge in [-0.15, -0.1) is 0 Å². The molecule has 0 amide bonds. The van der Waals surface area contributed by atoms with Crippen LogP contribution < -0.4 is 5.32 Å². The Kier molecular flexibility index (Phi) is 6.25. The van der Waals surface area contributed by atoms with Crippen LogP contribution in [0.25, 0.3) is 0 Å². The van der Waals surface area contributed by atoms with Gasteiger partial charge in [-0.2, -0.15) is 0 Å². The maximum atomic E-state index is 10.7. The van der Waals surface area contributed by atoms with Crippen LogP contribution in [-0.4, -0.2) is 17.3 Å². The van der Waals surface area contributed by atoms with Crippen molar-refractivity contribution in [1.29, 1.82) is 0 Å². The summed E-state index contributed by atoms with van der Waals surface area (Å²) in [5.74, 6) is 0.773. The lowest BCUT2D eigenvalue weighted by Gasteiger charge is -2.36. The van der Waals surface area contributed by atoms with Gasteiger partial charge < -0.3 is 10.4 Å². The first-order valence-corrected chi connectivity index (χ1v) is 8.64. The summed E-state index contributed by atoms with van der Waals surface area (Å²) in [5, 5.41) is 14.4.